The first-order chi connectivity index (χ1) is 9.17. The van der Waals surface area contributed by atoms with E-state index in [9.17, 15) is 4.79 Å². The van der Waals surface area contributed by atoms with Crippen molar-refractivity contribution in [2.45, 2.75) is 13.3 Å². The summed E-state index contributed by atoms with van der Waals surface area (Å²) in [5, 5.41) is 2.79. The van der Waals surface area contributed by atoms with Crippen molar-refractivity contribution >= 4 is 33.6 Å². The lowest BCUT2D eigenvalue weighted by Gasteiger charge is -2.02. The molecule has 1 N–H and O–H groups in total. The van der Waals surface area contributed by atoms with Crippen molar-refractivity contribution in [1.29, 1.82) is 0 Å². The number of hydrogen-bond donors (Lipinski definition) is 1. The van der Waals surface area contributed by atoms with Gasteiger partial charge in [0.1, 0.15) is 5.76 Å². The lowest BCUT2D eigenvalue weighted by molar-refractivity contribution is -0.111. The highest BCUT2D eigenvalue weighted by molar-refractivity contribution is 9.10. The zero-order chi connectivity index (χ0) is 13.7. The lowest BCUT2D eigenvalue weighted by Crippen LogP contribution is -2.07. The summed E-state index contributed by atoms with van der Waals surface area (Å²) in [7, 11) is 0. The van der Waals surface area contributed by atoms with Crippen molar-refractivity contribution in [2.75, 3.05) is 5.32 Å². The maximum atomic E-state index is 11.7. The molecule has 1 heterocycles. The summed E-state index contributed by atoms with van der Waals surface area (Å²) in [5.41, 5.74) is 2.03. The Morgan fingerprint density at radius 3 is 2.58 bits per heavy atom. The zero-order valence-electron chi connectivity index (χ0n) is 10.5. The van der Waals surface area contributed by atoms with E-state index in [1.54, 1.807) is 18.2 Å². The third-order valence-electron chi connectivity index (χ3n) is 2.62. The Bertz CT molecular complexity index is 584. The van der Waals surface area contributed by atoms with Crippen molar-refractivity contribution in [3.63, 3.8) is 0 Å². The molecule has 0 saturated heterocycles. The van der Waals surface area contributed by atoms with E-state index in [0.29, 0.717) is 10.4 Å². The molecule has 0 aliphatic heterocycles. The normalized spacial score (nSPS) is 10.8. The van der Waals surface area contributed by atoms with Gasteiger partial charge in [0, 0.05) is 11.8 Å². The zero-order valence-corrected chi connectivity index (χ0v) is 12.1. The van der Waals surface area contributed by atoms with Crippen LogP contribution in [-0.2, 0) is 11.2 Å². The highest BCUT2D eigenvalue weighted by Crippen LogP contribution is 2.15. The Morgan fingerprint density at radius 2 is 2.00 bits per heavy atom. The van der Waals surface area contributed by atoms with E-state index in [0.717, 1.165) is 12.1 Å². The first-order valence-corrected chi connectivity index (χ1v) is 6.80. The average molecular weight is 320 g/mol. The van der Waals surface area contributed by atoms with Crippen LogP contribution in [-0.4, -0.2) is 5.91 Å². The fourth-order valence-electron chi connectivity index (χ4n) is 1.58. The lowest BCUT2D eigenvalue weighted by atomic mass is 10.1. The van der Waals surface area contributed by atoms with Gasteiger partial charge in [-0.05, 0) is 58.3 Å². The third kappa shape index (κ3) is 4.10. The summed E-state index contributed by atoms with van der Waals surface area (Å²) in [6.07, 6.45) is 4.06. The van der Waals surface area contributed by atoms with E-state index in [1.165, 1.54) is 11.6 Å². The summed E-state index contributed by atoms with van der Waals surface area (Å²) in [6.45, 7) is 2.10. The number of aryl methyl sites for hydroxylation is 1. The summed E-state index contributed by atoms with van der Waals surface area (Å²) in [4.78, 5) is 11.7. The minimum Gasteiger partial charge on any atom is -0.450 e. The van der Waals surface area contributed by atoms with Gasteiger partial charge in [-0.25, -0.2) is 0 Å². The Hall–Kier alpha value is -1.81. The fraction of sp³-hybridized carbons (Fsp3) is 0.133. The largest absolute Gasteiger partial charge is 0.450 e. The molecule has 0 unspecified atom stereocenters. The number of benzene rings is 1. The van der Waals surface area contributed by atoms with Gasteiger partial charge in [-0.1, -0.05) is 19.1 Å². The van der Waals surface area contributed by atoms with Crippen LogP contribution in [0.1, 0.15) is 18.2 Å². The van der Waals surface area contributed by atoms with E-state index in [4.69, 9.17) is 4.42 Å². The average Bonchev–Trinajstić information content (AvgIpc) is 2.83. The molecular weight excluding hydrogens is 306 g/mol. The standard InChI is InChI=1S/C15H14BrNO2/c1-2-11-3-5-12(6-4-11)17-15(18)10-8-13-7-9-14(16)19-13/h3-10H,2H2,1H3,(H,17,18)/b10-8+. The Morgan fingerprint density at radius 1 is 1.26 bits per heavy atom. The number of carbonyl (C=O) groups is 1. The number of amides is 1. The molecule has 2 aromatic rings. The minimum atomic E-state index is -0.184. The maximum absolute atomic E-state index is 11.7. The number of nitrogens with one attached hydrogen (secondary N) is 1. The second kappa shape index (κ2) is 6.38. The molecule has 0 atom stereocenters. The Labute approximate surface area is 120 Å². The quantitative estimate of drug-likeness (QED) is 0.856. The van der Waals surface area contributed by atoms with Crippen LogP contribution >= 0.6 is 15.9 Å². The van der Waals surface area contributed by atoms with E-state index >= 15 is 0 Å². The number of hydrogen-bond acceptors (Lipinski definition) is 2. The van der Waals surface area contributed by atoms with Crippen LogP contribution in [0.25, 0.3) is 6.08 Å². The van der Waals surface area contributed by atoms with E-state index < -0.39 is 0 Å². The second-order valence-electron chi connectivity index (χ2n) is 4.01. The molecule has 0 fully saturated rings. The molecule has 1 aromatic heterocycles. The van der Waals surface area contributed by atoms with Gasteiger partial charge in [-0.2, -0.15) is 0 Å². The molecule has 98 valence electrons. The monoisotopic (exact) mass is 319 g/mol. The van der Waals surface area contributed by atoms with Crippen molar-refractivity contribution in [3.8, 4) is 0 Å². The van der Waals surface area contributed by atoms with Crippen LogP contribution in [0.4, 0.5) is 5.69 Å². The number of furan rings is 1. The predicted octanol–water partition coefficient (Wildman–Crippen LogP) is 4.26. The third-order valence-corrected chi connectivity index (χ3v) is 3.05. The van der Waals surface area contributed by atoms with Gasteiger partial charge in [0.2, 0.25) is 5.91 Å². The van der Waals surface area contributed by atoms with Crippen LogP contribution in [0.3, 0.4) is 0 Å². The molecule has 2 rings (SSSR count). The molecule has 0 saturated carbocycles. The first-order valence-electron chi connectivity index (χ1n) is 6.00. The van der Waals surface area contributed by atoms with Gasteiger partial charge in [-0.3, -0.25) is 4.79 Å². The highest BCUT2D eigenvalue weighted by atomic mass is 79.9. The van der Waals surface area contributed by atoms with Crippen LogP contribution in [0.5, 0.6) is 0 Å². The number of rotatable bonds is 4. The van der Waals surface area contributed by atoms with Gasteiger partial charge in [0.25, 0.3) is 0 Å². The highest BCUT2D eigenvalue weighted by Gasteiger charge is 1.99. The summed E-state index contributed by atoms with van der Waals surface area (Å²) in [6, 6.07) is 11.4. The van der Waals surface area contributed by atoms with Gasteiger partial charge in [-0.15, -0.1) is 0 Å². The molecule has 0 bridgehead atoms. The van der Waals surface area contributed by atoms with Gasteiger partial charge in [0.05, 0.1) is 0 Å². The molecule has 4 heteroatoms. The molecule has 3 nitrogen and oxygen atoms in total. The van der Waals surface area contributed by atoms with Crippen molar-refractivity contribution in [3.05, 3.63) is 58.5 Å². The van der Waals surface area contributed by atoms with Crippen LogP contribution in [0, 0.1) is 0 Å². The first kappa shape index (κ1) is 13.6. The fourth-order valence-corrected chi connectivity index (χ4v) is 1.90. The Balaban J connectivity index is 1.95. The maximum Gasteiger partial charge on any atom is 0.248 e. The van der Waals surface area contributed by atoms with Crippen LogP contribution in [0.15, 0.2) is 51.6 Å². The number of carbonyl (C=O) groups excluding carboxylic acids is 1. The summed E-state index contributed by atoms with van der Waals surface area (Å²) < 4.78 is 5.91. The smallest absolute Gasteiger partial charge is 0.248 e. The molecule has 0 radical (unpaired) electrons. The minimum absolute atomic E-state index is 0.184. The molecule has 0 aliphatic rings. The van der Waals surface area contributed by atoms with Gasteiger partial charge in [0.15, 0.2) is 4.67 Å². The Kier molecular flexibility index (Phi) is 4.58. The van der Waals surface area contributed by atoms with E-state index in [-0.39, 0.29) is 5.91 Å². The van der Waals surface area contributed by atoms with Gasteiger partial charge >= 0.3 is 0 Å². The molecule has 1 amide bonds. The second-order valence-corrected chi connectivity index (χ2v) is 4.80. The predicted molar refractivity (Wildman–Crippen MR) is 79.9 cm³/mol. The van der Waals surface area contributed by atoms with Crippen LogP contribution < -0.4 is 5.32 Å². The summed E-state index contributed by atoms with van der Waals surface area (Å²) >= 11 is 3.21. The van der Waals surface area contributed by atoms with E-state index in [1.807, 2.05) is 24.3 Å². The molecule has 19 heavy (non-hydrogen) atoms. The number of anilines is 1. The van der Waals surface area contributed by atoms with Crippen molar-refractivity contribution < 1.29 is 9.21 Å². The molecular formula is C15H14BrNO2. The molecule has 1 aromatic carbocycles. The SMILES string of the molecule is CCc1ccc(NC(=O)/C=C/c2ccc(Br)o2)cc1. The van der Waals surface area contributed by atoms with E-state index in [2.05, 4.69) is 28.2 Å². The molecule has 0 aliphatic carbocycles. The number of halogens is 1. The topological polar surface area (TPSA) is 42.2 Å². The van der Waals surface area contributed by atoms with Crippen molar-refractivity contribution in [1.82, 2.24) is 0 Å². The van der Waals surface area contributed by atoms with Crippen LogP contribution in [0.2, 0.25) is 0 Å². The van der Waals surface area contributed by atoms with Gasteiger partial charge < -0.3 is 9.73 Å². The van der Waals surface area contributed by atoms with Crippen molar-refractivity contribution in [2.24, 2.45) is 0 Å². The molecule has 0 spiro atoms. The summed E-state index contributed by atoms with van der Waals surface area (Å²) in [5.74, 6) is 0.445.